The first-order chi connectivity index (χ1) is 6.93. The molecule has 5 fully saturated rings. The van der Waals surface area contributed by atoms with Crippen LogP contribution in [0, 0.1) is 47.3 Å². The molecule has 0 heteroatoms. The average Bonchev–Trinajstić information content (AvgIpc) is 2.76. The van der Waals surface area contributed by atoms with Gasteiger partial charge in [-0.1, -0.05) is 0 Å². The number of rotatable bonds is 0. The van der Waals surface area contributed by atoms with Gasteiger partial charge in [-0.3, -0.25) is 0 Å². The molecule has 0 spiro atoms. The molecular weight excluding hydrogens is 168 g/mol. The van der Waals surface area contributed by atoms with Crippen molar-refractivity contribution in [1.29, 1.82) is 0 Å². The van der Waals surface area contributed by atoms with E-state index >= 15 is 0 Å². The summed E-state index contributed by atoms with van der Waals surface area (Å²) in [6.07, 6.45) is 9.80. The highest BCUT2D eigenvalue weighted by molar-refractivity contribution is 5.15. The Morgan fingerprint density at radius 3 is 1.57 bits per heavy atom. The molecule has 4 bridgehead atoms. The van der Waals surface area contributed by atoms with Crippen molar-refractivity contribution in [3.63, 3.8) is 0 Å². The SMILES string of the molecule is C1CC2CC1C1C3CC(C4CCC43)C21. The fourth-order valence-electron chi connectivity index (χ4n) is 6.81. The normalized spacial score (nSPS) is 72.0. The molecule has 0 aromatic heterocycles. The summed E-state index contributed by atoms with van der Waals surface area (Å²) in [6.45, 7) is 0. The Morgan fingerprint density at radius 1 is 0.500 bits per heavy atom. The summed E-state index contributed by atoms with van der Waals surface area (Å²) < 4.78 is 0. The molecule has 5 rings (SSSR count). The molecule has 5 aliphatic carbocycles. The summed E-state index contributed by atoms with van der Waals surface area (Å²) in [5, 5.41) is 0. The summed E-state index contributed by atoms with van der Waals surface area (Å²) in [6, 6.07) is 0. The van der Waals surface area contributed by atoms with E-state index in [2.05, 4.69) is 0 Å². The minimum atomic E-state index is 1.21. The molecular formula is C14H20. The van der Waals surface area contributed by atoms with E-state index in [0.717, 1.165) is 0 Å². The van der Waals surface area contributed by atoms with Crippen molar-refractivity contribution < 1.29 is 0 Å². The van der Waals surface area contributed by atoms with Gasteiger partial charge in [-0.25, -0.2) is 0 Å². The van der Waals surface area contributed by atoms with E-state index in [1.54, 1.807) is 38.5 Å². The lowest BCUT2D eigenvalue weighted by atomic mass is 9.56. The Bertz CT molecular complexity index is 266. The van der Waals surface area contributed by atoms with Crippen LogP contribution in [0.1, 0.15) is 38.5 Å². The van der Waals surface area contributed by atoms with Gasteiger partial charge < -0.3 is 0 Å². The minimum Gasteiger partial charge on any atom is -0.0499 e. The maximum absolute atomic E-state index is 1.68. The van der Waals surface area contributed by atoms with Gasteiger partial charge in [-0.15, -0.1) is 0 Å². The molecule has 5 aliphatic rings. The molecule has 8 atom stereocenters. The zero-order chi connectivity index (χ0) is 8.86. The Hall–Kier alpha value is 0. The smallest absolute Gasteiger partial charge is 0.0321 e. The van der Waals surface area contributed by atoms with E-state index in [9.17, 15) is 0 Å². The van der Waals surface area contributed by atoms with Gasteiger partial charge in [-0.2, -0.15) is 0 Å². The van der Waals surface area contributed by atoms with Crippen molar-refractivity contribution in [2.45, 2.75) is 38.5 Å². The monoisotopic (exact) mass is 188 g/mol. The van der Waals surface area contributed by atoms with Crippen LogP contribution in [0.2, 0.25) is 0 Å². The van der Waals surface area contributed by atoms with Crippen LogP contribution >= 0.6 is 0 Å². The van der Waals surface area contributed by atoms with Crippen LogP contribution in [-0.4, -0.2) is 0 Å². The summed E-state index contributed by atoms with van der Waals surface area (Å²) in [5.41, 5.74) is 0. The predicted molar refractivity (Wildman–Crippen MR) is 55.6 cm³/mol. The van der Waals surface area contributed by atoms with Crippen LogP contribution in [-0.2, 0) is 0 Å². The highest BCUT2D eigenvalue weighted by Crippen LogP contribution is 2.73. The van der Waals surface area contributed by atoms with E-state index in [0.29, 0.717) is 0 Å². The summed E-state index contributed by atoms with van der Waals surface area (Å²) in [5.74, 6) is 9.86. The number of fused-ring (bicyclic) bond motifs is 12. The maximum Gasteiger partial charge on any atom is -0.0321 e. The average molecular weight is 188 g/mol. The molecule has 8 unspecified atom stereocenters. The first kappa shape index (κ1) is 7.30. The predicted octanol–water partition coefficient (Wildman–Crippen LogP) is 3.32. The number of hydrogen-bond acceptors (Lipinski definition) is 0. The Labute approximate surface area is 86.5 Å². The van der Waals surface area contributed by atoms with Gasteiger partial charge in [0, 0.05) is 0 Å². The molecule has 0 radical (unpaired) electrons. The third-order valence-corrected chi connectivity index (χ3v) is 7.06. The van der Waals surface area contributed by atoms with Crippen molar-refractivity contribution in [1.82, 2.24) is 0 Å². The van der Waals surface area contributed by atoms with Gasteiger partial charge in [0.1, 0.15) is 0 Å². The summed E-state index contributed by atoms with van der Waals surface area (Å²) in [4.78, 5) is 0. The first-order valence-corrected chi connectivity index (χ1v) is 6.93. The lowest BCUT2D eigenvalue weighted by Crippen LogP contribution is -2.42. The zero-order valence-electron chi connectivity index (χ0n) is 8.86. The van der Waals surface area contributed by atoms with Crippen molar-refractivity contribution in [2.24, 2.45) is 47.3 Å². The highest BCUT2D eigenvalue weighted by Gasteiger charge is 2.67. The fourth-order valence-corrected chi connectivity index (χ4v) is 6.81. The van der Waals surface area contributed by atoms with Gasteiger partial charge in [0.15, 0.2) is 0 Å². The molecule has 0 aliphatic heterocycles. The van der Waals surface area contributed by atoms with Crippen molar-refractivity contribution in [3.8, 4) is 0 Å². The lowest BCUT2D eigenvalue weighted by Gasteiger charge is -2.49. The van der Waals surface area contributed by atoms with E-state index in [4.69, 9.17) is 0 Å². The Morgan fingerprint density at radius 2 is 1.07 bits per heavy atom. The number of hydrogen-bond donors (Lipinski definition) is 0. The molecule has 5 saturated carbocycles. The molecule has 0 saturated heterocycles. The minimum absolute atomic E-state index is 1.21. The molecule has 14 heavy (non-hydrogen) atoms. The molecule has 0 nitrogen and oxygen atoms in total. The van der Waals surface area contributed by atoms with Crippen LogP contribution in [0.25, 0.3) is 0 Å². The van der Waals surface area contributed by atoms with E-state index in [-0.39, 0.29) is 0 Å². The molecule has 0 aromatic carbocycles. The largest absolute Gasteiger partial charge is 0.0499 e. The van der Waals surface area contributed by atoms with Gasteiger partial charge in [-0.05, 0) is 85.9 Å². The molecule has 0 aromatic rings. The second-order valence-electron chi connectivity index (χ2n) is 6.96. The van der Waals surface area contributed by atoms with Crippen molar-refractivity contribution in [2.75, 3.05) is 0 Å². The maximum atomic E-state index is 1.68. The fraction of sp³-hybridized carbons (Fsp3) is 1.00. The van der Waals surface area contributed by atoms with Crippen LogP contribution in [0.5, 0.6) is 0 Å². The lowest BCUT2D eigenvalue weighted by molar-refractivity contribution is -0.00279. The van der Waals surface area contributed by atoms with Crippen LogP contribution in [0.15, 0.2) is 0 Å². The highest BCUT2D eigenvalue weighted by atomic mass is 14.7. The second kappa shape index (κ2) is 2.08. The molecule has 0 heterocycles. The third kappa shape index (κ3) is 0.581. The van der Waals surface area contributed by atoms with Crippen LogP contribution in [0.3, 0.4) is 0 Å². The van der Waals surface area contributed by atoms with Gasteiger partial charge in [0.25, 0.3) is 0 Å². The van der Waals surface area contributed by atoms with Crippen LogP contribution < -0.4 is 0 Å². The quantitative estimate of drug-likeness (QED) is 0.512. The van der Waals surface area contributed by atoms with Crippen molar-refractivity contribution >= 4 is 0 Å². The second-order valence-corrected chi connectivity index (χ2v) is 6.96. The summed E-state index contributed by atoms with van der Waals surface area (Å²) >= 11 is 0. The summed E-state index contributed by atoms with van der Waals surface area (Å²) in [7, 11) is 0. The Balaban J connectivity index is 1.61. The molecule has 0 amide bonds. The van der Waals surface area contributed by atoms with E-state index in [1.165, 1.54) is 47.3 Å². The van der Waals surface area contributed by atoms with Crippen LogP contribution in [0.4, 0.5) is 0 Å². The van der Waals surface area contributed by atoms with Gasteiger partial charge in [0.2, 0.25) is 0 Å². The molecule has 0 N–H and O–H groups in total. The molecule has 76 valence electrons. The first-order valence-electron chi connectivity index (χ1n) is 6.93. The third-order valence-electron chi connectivity index (χ3n) is 7.06. The van der Waals surface area contributed by atoms with E-state index in [1.807, 2.05) is 0 Å². The van der Waals surface area contributed by atoms with Crippen molar-refractivity contribution in [3.05, 3.63) is 0 Å². The zero-order valence-corrected chi connectivity index (χ0v) is 8.86. The van der Waals surface area contributed by atoms with E-state index < -0.39 is 0 Å². The van der Waals surface area contributed by atoms with Gasteiger partial charge >= 0.3 is 0 Å². The van der Waals surface area contributed by atoms with Gasteiger partial charge in [0.05, 0.1) is 0 Å². The standard InChI is InChI=1S/C14H20/c1-2-8-5-7(1)13-11-6-12(14(8)13)10-4-3-9(10)11/h7-14H,1-6H2. The Kier molecular flexibility index (Phi) is 1.08. The topological polar surface area (TPSA) is 0 Å².